The first kappa shape index (κ1) is 16.2. The molecule has 2 aromatic carbocycles. The lowest BCUT2D eigenvalue weighted by molar-refractivity contribution is 0.414. The number of nitrogens with zero attached hydrogens (tertiary/aromatic N) is 3. The van der Waals surface area contributed by atoms with Gasteiger partial charge in [0, 0.05) is 11.8 Å². The van der Waals surface area contributed by atoms with Gasteiger partial charge in [0.2, 0.25) is 0 Å². The van der Waals surface area contributed by atoms with Crippen LogP contribution in [0, 0.1) is 6.92 Å². The lowest BCUT2D eigenvalue weighted by Gasteiger charge is -2.05. The summed E-state index contributed by atoms with van der Waals surface area (Å²) in [6, 6.07) is 14.2. The SMILES string of the molecule is COc1ccc(-n2nnc(-c3ccc(S(C)(=O)=O)cc3)c2C)cc1. The Morgan fingerprint density at radius 3 is 2.17 bits per heavy atom. The van der Waals surface area contributed by atoms with Gasteiger partial charge >= 0.3 is 0 Å². The molecule has 0 saturated heterocycles. The van der Waals surface area contributed by atoms with E-state index < -0.39 is 9.84 Å². The van der Waals surface area contributed by atoms with E-state index in [9.17, 15) is 8.42 Å². The molecule has 0 saturated carbocycles. The Bertz CT molecular complexity index is 959. The molecule has 0 radical (unpaired) electrons. The topological polar surface area (TPSA) is 74.1 Å². The number of sulfone groups is 1. The summed E-state index contributed by atoms with van der Waals surface area (Å²) < 4.78 is 30.0. The van der Waals surface area contributed by atoms with Gasteiger partial charge in [0.1, 0.15) is 11.4 Å². The van der Waals surface area contributed by atoms with Crippen molar-refractivity contribution in [1.82, 2.24) is 15.0 Å². The zero-order valence-corrected chi connectivity index (χ0v) is 14.4. The van der Waals surface area contributed by atoms with Gasteiger partial charge in [-0.3, -0.25) is 0 Å². The molecule has 0 N–H and O–H groups in total. The molecule has 3 aromatic rings. The van der Waals surface area contributed by atoms with Crippen molar-refractivity contribution in [3.63, 3.8) is 0 Å². The highest BCUT2D eigenvalue weighted by molar-refractivity contribution is 7.90. The Labute approximate surface area is 140 Å². The zero-order chi connectivity index (χ0) is 17.3. The molecular weight excluding hydrogens is 326 g/mol. The van der Waals surface area contributed by atoms with Gasteiger partial charge in [-0.15, -0.1) is 5.10 Å². The van der Waals surface area contributed by atoms with E-state index in [0.29, 0.717) is 5.69 Å². The lowest BCUT2D eigenvalue weighted by atomic mass is 10.1. The molecule has 24 heavy (non-hydrogen) atoms. The third kappa shape index (κ3) is 3.03. The molecule has 0 bridgehead atoms. The normalized spacial score (nSPS) is 11.5. The van der Waals surface area contributed by atoms with Crippen LogP contribution in [0.2, 0.25) is 0 Å². The highest BCUT2D eigenvalue weighted by Crippen LogP contribution is 2.24. The molecule has 1 heterocycles. The summed E-state index contributed by atoms with van der Waals surface area (Å²) in [5.74, 6) is 0.771. The molecular formula is C17H17N3O3S. The Hall–Kier alpha value is -2.67. The summed E-state index contributed by atoms with van der Waals surface area (Å²) in [7, 11) is -1.59. The molecule has 0 spiro atoms. The summed E-state index contributed by atoms with van der Waals surface area (Å²) in [6.07, 6.45) is 1.19. The fraction of sp³-hybridized carbons (Fsp3) is 0.176. The first-order valence-corrected chi connectivity index (χ1v) is 9.16. The van der Waals surface area contributed by atoms with Crippen molar-refractivity contribution in [1.29, 1.82) is 0 Å². The van der Waals surface area contributed by atoms with Crippen molar-refractivity contribution < 1.29 is 13.2 Å². The van der Waals surface area contributed by atoms with Gasteiger partial charge in [0.05, 0.1) is 23.4 Å². The molecule has 0 unspecified atom stereocenters. The van der Waals surface area contributed by atoms with E-state index in [2.05, 4.69) is 10.3 Å². The van der Waals surface area contributed by atoms with Gasteiger partial charge in [0.25, 0.3) is 0 Å². The maximum Gasteiger partial charge on any atom is 0.175 e. The molecule has 0 fully saturated rings. The van der Waals surface area contributed by atoms with Gasteiger partial charge in [-0.25, -0.2) is 13.1 Å². The van der Waals surface area contributed by atoms with Gasteiger partial charge in [-0.05, 0) is 43.3 Å². The third-order valence-electron chi connectivity index (χ3n) is 3.77. The molecule has 0 amide bonds. The van der Waals surface area contributed by atoms with Crippen LogP contribution in [0.15, 0.2) is 53.4 Å². The predicted octanol–water partition coefficient (Wildman–Crippen LogP) is 2.65. The van der Waals surface area contributed by atoms with Crippen LogP contribution in [0.4, 0.5) is 0 Å². The summed E-state index contributed by atoms with van der Waals surface area (Å²) in [5, 5.41) is 8.43. The van der Waals surface area contributed by atoms with E-state index in [4.69, 9.17) is 4.74 Å². The quantitative estimate of drug-likeness (QED) is 0.728. The van der Waals surface area contributed by atoms with E-state index in [1.807, 2.05) is 31.2 Å². The molecule has 3 rings (SSSR count). The van der Waals surface area contributed by atoms with Crippen LogP contribution in [-0.4, -0.2) is 36.8 Å². The number of benzene rings is 2. The summed E-state index contributed by atoms with van der Waals surface area (Å²) in [4.78, 5) is 0.284. The fourth-order valence-electron chi connectivity index (χ4n) is 2.42. The van der Waals surface area contributed by atoms with Crippen molar-refractivity contribution in [2.75, 3.05) is 13.4 Å². The molecule has 0 aliphatic carbocycles. The molecule has 124 valence electrons. The summed E-state index contributed by atoms with van der Waals surface area (Å²) >= 11 is 0. The highest BCUT2D eigenvalue weighted by Gasteiger charge is 2.13. The van der Waals surface area contributed by atoms with Crippen molar-refractivity contribution in [2.45, 2.75) is 11.8 Å². The highest BCUT2D eigenvalue weighted by atomic mass is 32.2. The Morgan fingerprint density at radius 2 is 1.62 bits per heavy atom. The number of ether oxygens (including phenoxy) is 1. The summed E-state index contributed by atoms with van der Waals surface area (Å²) in [6.45, 7) is 1.92. The minimum Gasteiger partial charge on any atom is -0.497 e. The number of aromatic nitrogens is 3. The van der Waals surface area contributed by atoms with Crippen LogP contribution in [0.1, 0.15) is 5.69 Å². The second-order valence-electron chi connectivity index (χ2n) is 5.43. The molecule has 6 nitrogen and oxygen atoms in total. The third-order valence-corrected chi connectivity index (χ3v) is 4.90. The van der Waals surface area contributed by atoms with E-state index >= 15 is 0 Å². The molecule has 0 atom stereocenters. The van der Waals surface area contributed by atoms with Gasteiger partial charge in [-0.1, -0.05) is 17.3 Å². The van der Waals surface area contributed by atoms with Crippen LogP contribution < -0.4 is 4.74 Å². The second-order valence-corrected chi connectivity index (χ2v) is 7.45. The van der Waals surface area contributed by atoms with E-state index in [1.54, 1.807) is 36.1 Å². The van der Waals surface area contributed by atoms with E-state index in [-0.39, 0.29) is 4.90 Å². The first-order valence-electron chi connectivity index (χ1n) is 7.27. The Kier molecular flexibility index (Phi) is 4.11. The van der Waals surface area contributed by atoms with Crippen LogP contribution in [0.25, 0.3) is 16.9 Å². The lowest BCUT2D eigenvalue weighted by Crippen LogP contribution is -1.99. The average molecular weight is 343 g/mol. The molecule has 0 aliphatic rings. The Morgan fingerprint density at radius 1 is 1.00 bits per heavy atom. The number of hydrogen-bond donors (Lipinski definition) is 0. The fourth-order valence-corrected chi connectivity index (χ4v) is 3.06. The maximum absolute atomic E-state index is 11.5. The van der Waals surface area contributed by atoms with Crippen LogP contribution in [0.5, 0.6) is 5.75 Å². The minimum atomic E-state index is -3.21. The molecule has 7 heteroatoms. The van der Waals surface area contributed by atoms with Crippen molar-refractivity contribution in [3.05, 3.63) is 54.2 Å². The largest absolute Gasteiger partial charge is 0.497 e. The standard InChI is InChI=1S/C17H17N3O3S/c1-12-17(13-4-10-16(11-5-13)24(3,21)22)18-19-20(12)14-6-8-15(23-2)9-7-14/h4-11H,1-3H3. The Balaban J connectivity index is 1.97. The second kappa shape index (κ2) is 6.09. The first-order chi connectivity index (χ1) is 11.4. The van der Waals surface area contributed by atoms with Crippen molar-refractivity contribution >= 4 is 9.84 Å². The van der Waals surface area contributed by atoms with E-state index in [0.717, 1.165) is 22.7 Å². The molecule has 0 aliphatic heterocycles. The van der Waals surface area contributed by atoms with Crippen LogP contribution in [0.3, 0.4) is 0 Å². The van der Waals surface area contributed by atoms with Gasteiger partial charge in [0.15, 0.2) is 9.84 Å². The maximum atomic E-state index is 11.5. The van der Waals surface area contributed by atoms with Crippen LogP contribution >= 0.6 is 0 Å². The number of hydrogen-bond acceptors (Lipinski definition) is 5. The van der Waals surface area contributed by atoms with Gasteiger partial charge < -0.3 is 4.74 Å². The molecule has 1 aromatic heterocycles. The summed E-state index contributed by atoms with van der Waals surface area (Å²) in [5.41, 5.74) is 3.28. The smallest absolute Gasteiger partial charge is 0.175 e. The zero-order valence-electron chi connectivity index (χ0n) is 13.6. The van der Waals surface area contributed by atoms with Gasteiger partial charge in [-0.2, -0.15) is 0 Å². The predicted molar refractivity (Wildman–Crippen MR) is 91.2 cm³/mol. The monoisotopic (exact) mass is 343 g/mol. The van der Waals surface area contributed by atoms with Crippen molar-refractivity contribution in [3.8, 4) is 22.7 Å². The number of methoxy groups -OCH3 is 1. The average Bonchev–Trinajstić information content (AvgIpc) is 2.96. The number of rotatable bonds is 4. The van der Waals surface area contributed by atoms with E-state index in [1.165, 1.54) is 6.26 Å². The van der Waals surface area contributed by atoms with Crippen LogP contribution in [-0.2, 0) is 9.84 Å². The minimum absolute atomic E-state index is 0.284. The van der Waals surface area contributed by atoms with Crippen molar-refractivity contribution in [2.24, 2.45) is 0 Å².